The lowest BCUT2D eigenvalue weighted by Gasteiger charge is -2.11. The van der Waals surface area contributed by atoms with Crippen LogP contribution in [0, 0.1) is 29.6 Å². The molecule has 6 nitrogen and oxygen atoms in total. The van der Waals surface area contributed by atoms with Gasteiger partial charge in [0.05, 0.1) is 33.4 Å². The molecule has 0 amide bonds. The largest absolute Gasteiger partial charge is 0.297 e. The fraction of sp³-hybridized carbons (Fsp3) is 0.227. The van der Waals surface area contributed by atoms with Crippen molar-refractivity contribution < 1.29 is 4.79 Å². The van der Waals surface area contributed by atoms with Crippen LogP contribution < -0.4 is 0 Å². The molecule has 8 heteroatoms. The zero-order valence-electron chi connectivity index (χ0n) is 16.4. The van der Waals surface area contributed by atoms with Gasteiger partial charge >= 0.3 is 0 Å². The first-order valence-electron chi connectivity index (χ1n) is 9.37. The van der Waals surface area contributed by atoms with E-state index in [4.69, 9.17) is 0 Å². The third kappa shape index (κ3) is 3.45. The summed E-state index contributed by atoms with van der Waals surface area (Å²) in [6.45, 7) is 3.84. The van der Waals surface area contributed by atoms with E-state index in [1.54, 1.807) is 0 Å². The third-order valence-corrected chi connectivity index (χ3v) is 6.87. The van der Waals surface area contributed by atoms with E-state index in [2.05, 4.69) is 22.1 Å². The van der Waals surface area contributed by atoms with Gasteiger partial charge in [0.25, 0.3) is 0 Å². The molecule has 30 heavy (non-hydrogen) atoms. The van der Waals surface area contributed by atoms with Crippen molar-refractivity contribution >= 4 is 45.6 Å². The Balaban J connectivity index is 1.74. The van der Waals surface area contributed by atoms with Gasteiger partial charge in [0.2, 0.25) is 0 Å². The van der Waals surface area contributed by atoms with Crippen molar-refractivity contribution in [3.63, 3.8) is 0 Å². The molecule has 4 aromatic rings. The minimum atomic E-state index is -0.866. The summed E-state index contributed by atoms with van der Waals surface area (Å²) in [6, 6.07) is 14.0. The number of hydrogen-bond acceptors (Lipinski definition) is 7. The summed E-state index contributed by atoms with van der Waals surface area (Å²) < 4.78 is 1.93. The minimum absolute atomic E-state index is 0.132. The molecule has 0 spiro atoms. The molecular weight excluding hydrogens is 414 g/mol. The van der Waals surface area contributed by atoms with E-state index < -0.39 is 5.92 Å². The number of pyridine rings is 1. The maximum atomic E-state index is 12.8. The lowest BCUT2D eigenvalue weighted by atomic mass is 10.1. The molecule has 0 radical (unpaired) electrons. The molecule has 0 bridgehead atoms. The predicted octanol–water partition coefficient (Wildman–Crippen LogP) is 4.66. The number of aryl methyl sites for hydroxylation is 2. The number of hydrogen-bond donors (Lipinski definition) is 0. The maximum absolute atomic E-state index is 12.8. The molecule has 3 aromatic heterocycles. The molecular formula is C22H17N5OS2. The number of rotatable bonds is 6. The Hall–Kier alpha value is -3.20. The highest BCUT2D eigenvalue weighted by atomic mass is 32.2. The Labute approximate surface area is 181 Å². The van der Waals surface area contributed by atoms with Crippen LogP contribution >= 0.6 is 23.1 Å². The van der Waals surface area contributed by atoms with Gasteiger partial charge in [0.1, 0.15) is 11.1 Å². The van der Waals surface area contributed by atoms with E-state index in [-0.39, 0.29) is 11.5 Å². The number of Topliss-reactive ketones (excluding diaryl/α,β-unsaturated/α-hetero) is 1. The first-order valence-corrected chi connectivity index (χ1v) is 11.2. The van der Waals surface area contributed by atoms with Crippen LogP contribution in [-0.2, 0) is 11.2 Å². The van der Waals surface area contributed by atoms with Gasteiger partial charge < -0.3 is 0 Å². The van der Waals surface area contributed by atoms with Crippen LogP contribution in [0.2, 0.25) is 0 Å². The maximum Gasteiger partial charge on any atom is 0.167 e. The molecule has 3 heterocycles. The lowest BCUT2D eigenvalue weighted by molar-refractivity contribution is -0.116. The highest BCUT2D eigenvalue weighted by Crippen LogP contribution is 2.31. The molecule has 0 saturated heterocycles. The highest BCUT2D eigenvalue weighted by Gasteiger charge is 2.24. The zero-order chi connectivity index (χ0) is 21.3. The number of ketones is 1. The van der Waals surface area contributed by atoms with Gasteiger partial charge in [-0.1, -0.05) is 30.8 Å². The monoisotopic (exact) mass is 431 g/mol. The van der Waals surface area contributed by atoms with Crippen molar-refractivity contribution in [1.82, 2.24) is 14.4 Å². The highest BCUT2D eigenvalue weighted by molar-refractivity contribution is 7.99. The van der Waals surface area contributed by atoms with Gasteiger partial charge in [0, 0.05) is 11.1 Å². The van der Waals surface area contributed by atoms with Crippen LogP contribution in [0.1, 0.15) is 34.7 Å². The van der Waals surface area contributed by atoms with Gasteiger partial charge in [-0.15, -0.1) is 11.3 Å². The van der Waals surface area contributed by atoms with Crippen molar-refractivity contribution in [3.8, 4) is 12.1 Å². The van der Waals surface area contributed by atoms with E-state index in [0.29, 0.717) is 22.6 Å². The number of thiazole rings is 1. The zero-order valence-corrected chi connectivity index (χ0v) is 18.0. The van der Waals surface area contributed by atoms with Gasteiger partial charge in [-0.3, -0.25) is 9.20 Å². The number of para-hydroxylation sites is 2. The fourth-order valence-electron chi connectivity index (χ4n) is 3.35. The van der Waals surface area contributed by atoms with E-state index >= 15 is 0 Å². The Morgan fingerprint density at radius 3 is 2.77 bits per heavy atom. The van der Waals surface area contributed by atoms with Gasteiger partial charge in [-0.25, -0.2) is 9.97 Å². The van der Waals surface area contributed by atoms with Crippen molar-refractivity contribution in [1.29, 1.82) is 10.5 Å². The summed E-state index contributed by atoms with van der Waals surface area (Å²) >= 11 is 2.70. The lowest BCUT2D eigenvalue weighted by Crippen LogP contribution is -2.13. The predicted molar refractivity (Wildman–Crippen MR) is 118 cm³/mol. The molecule has 0 aliphatic heterocycles. The summed E-state index contributed by atoms with van der Waals surface area (Å²) in [7, 11) is 0. The molecule has 0 aliphatic carbocycles. The summed E-state index contributed by atoms with van der Waals surface area (Å²) in [5, 5.41) is 22.4. The number of thioether (sulfide) groups is 1. The van der Waals surface area contributed by atoms with Crippen LogP contribution in [0.25, 0.3) is 16.7 Å². The molecule has 0 aliphatic rings. The van der Waals surface area contributed by atoms with Gasteiger partial charge in [0.15, 0.2) is 17.3 Å². The van der Waals surface area contributed by atoms with E-state index in [9.17, 15) is 15.3 Å². The van der Waals surface area contributed by atoms with Crippen LogP contribution in [0.5, 0.6) is 0 Å². The number of benzene rings is 1. The number of aromatic nitrogens is 3. The fourth-order valence-corrected chi connectivity index (χ4v) is 5.21. The van der Waals surface area contributed by atoms with E-state index in [0.717, 1.165) is 27.3 Å². The first-order chi connectivity index (χ1) is 14.6. The second-order valence-corrected chi connectivity index (χ2v) is 8.64. The standard InChI is InChI=1S/C22H17N5OS2/c1-3-14-8-20(29-12-19(28)16(10-24)22-25-13(2)11-30-22)27-18-7-5-4-6-17(18)26-21(27)15(14)9-23/h4-8,11,16H,3,12H2,1-2H3. The summed E-state index contributed by atoms with van der Waals surface area (Å²) in [5.41, 5.74) is 4.53. The quantitative estimate of drug-likeness (QED) is 0.412. The smallest absolute Gasteiger partial charge is 0.167 e. The van der Waals surface area contributed by atoms with Crippen molar-refractivity contribution in [2.24, 2.45) is 0 Å². The number of carbonyl (C=O) groups is 1. The Morgan fingerprint density at radius 2 is 2.10 bits per heavy atom. The summed E-state index contributed by atoms with van der Waals surface area (Å²) in [4.78, 5) is 21.8. The van der Waals surface area contributed by atoms with E-state index in [1.807, 2.05) is 54.0 Å². The second kappa shape index (κ2) is 8.27. The van der Waals surface area contributed by atoms with Crippen molar-refractivity contribution in [2.75, 3.05) is 5.75 Å². The number of nitriles is 2. The molecule has 0 N–H and O–H groups in total. The average Bonchev–Trinajstić information content (AvgIpc) is 3.35. The molecule has 0 fully saturated rings. The molecule has 4 rings (SSSR count). The molecule has 1 atom stereocenters. The van der Waals surface area contributed by atoms with Crippen LogP contribution in [0.3, 0.4) is 0 Å². The van der Waals surface area contributed by atoms with Crippen LogP contribution in [0.15, 0.2) is 40.7 Å². The van der Waals surface area contributed by atoms with Gasteiger partial charge in [-0.05, 0) is 37.1 Å². The summed E-state index contributed by atoms with van der Waals surface area (Å²) in [6.07, 6.45) is 0.684. The number of fused-ring (bicyclic) bond motifs is 3. The third-order valence-electron chi connectivity index (χ3n) is 4.81. The number of nitrogens with zero attached hydrogens (tertiary/aromatic N) is 5. The van der Waals surface area contributed by atoms with E-state index in [1.165, 1.54) is 23.1 Å². The Morgan fingerprint density at radius 1 is 1.30 bits per heavy atom. The van der Waals surface area contributed by atoms with Crippen molar-refractivity contribution in [2.45, 2.75) is 31.2 Å². The Bertz CT molecular complexity index is 1360. The SMILES string of the molecule is CCc1cc(SCC(=O)C(C#N)c2nc(C)cs2)n2c(nc3ccccc32)c1C#N. The molecule has 1 unspecified atom stereocenters. The average molecular weight is 432 g/mol. The van der Waals surface area contributed by atoms with Crippen LogP contribution in [0.4, 0.5) is 0 Å². The summed E-state index contributed by atoms with van der Waals surface area (Å²) in [5.74, 6) is -0.917. The number of carbonyl (C=O) groups excluding carboxylic acids is 1. The molecule has 148 valence electrons. The van der Waals surface area contributed by atoms with Crippen LogP contribution in [-0.4, -0.2) is 25.9 Å². The Kier molecular flexibility index (Phi) is 5.54. The second-order valence-electron chi connectivity index (χ2n) is 6.75. The molecule has 1 aromatic carbocycles. The van der Waals surface area contributed by atoms with Crippen molar-refractivity contribution in [3.05, 3.63) is 57.5 Å². The topological polar surface area (TPSA) is 94.8 Å². The number of imidazole rings is 1. The first kappa shape index (κ1) is 20.1. The normalized spacial score (nSPS) is 12.0. The minimum Gasteiger partial charge on any atom is -0.297 e. The van der Waals surface area contributed by atoms with Gasteiger partial charge in [-0.2, -0.15) is 10.5 Å². The molecule has 0 saturated carbocycles.